The Morgan fingerprint density at radius 3 is 2.31 bits per heavy atom. The minimum absolute atomic E-state index is 0.319. The predicted molar refractivity (Wildman–Crippen MR) is 69.6 cm³/mol. The molecule has 2 heteroatoms. The van der Waals surface area contributed by atoms with E-state index >= 15 is 0 Å². The van der Waals surface area contributed by atoms with Crippen LogP contribution in [0.5, 0.6) is 0 Å². The van der Waals surface area contributed by atoms with Gasteiger partial charge in [-0.1, -0.05) is 58.8 Å². The molecule has 2 nitrogen and oxygen atoms in total. The third-order valence-corrected chi connectivity index (χ3v) is 3.67. The molecular weight excluding hydrogens is 198 g/mol. The van der Waals surface area contributed by atoms with Gasteiger partial charge in [-0.25, -0.2) is 0 Å². The fourth-order valence-electron chi connectivity index (χ4n) is 2.67. The van der Waals surface area contributed by atoms with Gasteiger partial charge in [-0.2, -0.15) is 0 Å². The maximum absolute atomic E-state index is 5.50. The molecule has 1 heterocycles. The normalized spacial score (nSPS) is 25.1. The highest BCUT2D eigenvalue weighted by molar-refractivity contribution is 4.89. The Morgan fingerprint density at radius 2 is 1.69 bits per heavy atom. The molecule has 1 atom stereocenters. The van der Waals surface area contributed by atoms with E-state index in [0.29, 0.717) is 5.54 Å². The minimum atomic E-state index is 0.319. The van der Waals surface area contributed by atoms with Crippen molar-refractivity contribution in [2.24, 2.45) is 0 Å². The van der Waals surface area contributed by atoms with Crippen LogP contribution in [0, 0.1) is 0 Å². The Morgan fingerprint density at radius 1 is 0.938 bits per heavy atom. The zero-order chi connectivity index (χ0) is 11.7. The van der Waals surface area contributed by atoms with Crippen LogP contribution in [0.15, 0.2) is 0 Å². The van der Waals surface area contributed by atoms with Crippen LogP contribution in [-0.4, -0.2) is 18.9 Å². The molecule has 1 fully saturated rings. The Bertz CT molecular complexity index is 164. The van der Waals surface area contributed by atoms with Crippen molar-refractivity contribution in [1.82, 2.24) is 5.32 Å². The molecule has 16 heavy (non-hydrogen) atoms. The van der Waals surface area contributed by atoms with Gasteiger partial charge in [0.25, 0.3) is 0 Å². The van der Waals surface area contributed by atoms with Crippen molar-refractivity contribution in [3.63, 3.8) is 0 Å². The number of rotatable bonds is 9. The van der Waals surface area contributed by atoms with E-state index in [-0.39, 0.29) is 0 Å². The van der Waals surface area contributed by atoms with Gasteiger partial charge in [-0.3, -0.25) is 5.32 Å². The molecule has 0 aromatic rings. The van der Waals surface area contributed by atoms with Gasteiger partial charge in [0.15, 0.2) is 0 Å². The van der Waals surface area contributed by atoms with E-state index in [2.05, 4.69) is 19.2 Å². The molecule has 0 aromatic carbocycles. The van der Waals surface area contributed by atoms with E-state index in [4.69, 9.17) is 4.74 Å². The zero-order valence-electron chi connectivity index (χ0n) is 11.2. The highest BCUT2D eigenvalue weighted by Gasteiger charge is 2.32. The third-order valence-electron chi connectivity index (χ3n) is 3.67. The van der Waals surface area contributed by atoms with Crippen LogP contribution < -0.4 is 5.32 Å². The topological polar surface area (TPSA) is 21.3 Å². The van der Waals surface area contributed by atoms with Gasteiger partial charge in [0, 0.05) is 5.54 Å². The molecule has 1 N–H and O–H groups in total. The first-order valence-corrected chi connectivity index (χ1v) is 7.16. The summed E-state index contributed by atoms with van der Waals surface area (Å²) in [6.07, 6.45) is 12.2. The molecule has 0 aliphatic carbocycles. The Labute approximate surface area is 101 Å². The van der Waals surface area contributed by atoms with Gasteiger partial charge in [-0.15, -0.1) is 0 Å². The summed E-state index contributed by atoms with van der Waals surface area (Å²) in [5.74, 6) is 0. The molecule has 96 valence electrons. The molecule has 0 radical (unpaired) electrons. The maximum atomic E-state index is 5.50. The number of hydrogen-bond acceptors (Lipinski definition) is 2. The van der Waals surface area contributed by atoms with Crippen molar-refractivity contribution in [3.8, 4) is 0 Å². The van der Waals surface area contributed by atoms with Crippen molar-refractivity contribution in [2.75, 3.05) is 13.3 Å². The van der Waals surface area contributed by atoms with Gasteiger partial charge in [0.1, 0.15) is 0 Å². The van der Waals surface area contributed by atoms with E-state index < -0.39 is 0 Å². The minimum Gasteiger partial charge on any atom is -0.364 e. The number of nitrogens with one attached hydrogen (secondary N) is 1. The lowest BCUT2D eigenvalue weighted by Gasteiger charge is -2.27. The molecule has 1 unspecified atom stereocenters. The summed E-state index contributed by atoms with van der Waals surface area (Å²) < 4.78 is 5.50. The van der Waals surface area contributed by atoms with Gasteiger partial charge < -0.3 is 4.74 Å². The zero-order valence-corrected chi connectivity index (χ0v) is 11.2. The largest absolute Gasteiger partial charge is 0.364 e. The Hall–Kier alpha value is -0.0800. The molecule has 0 aromatic heterocycles. The Balaban J connectivity index is 2.08. The molecule has 1 rings (SSSR count). The Kier molecular flexibility index (Phi) is 7.06. The van der Waals surface area contributed by atoms with E-state index in [0.717, 1.165) is 13.3 Å². The SMILES string of the molecule is CCCCCCCCC1(CCC)COCN1. The highest BCUT2D eigenvalue weighted by atomic mass is 16.5. The van der Waals surface area contributed by atoms with E-state index in [1.165, 1.54) is 57.8 Å². The number of ether oxygens (including phenoxy) is 1. The lowest BCUT2D eigenvalue weighted by Crippen LogP contribution is -2.42. The van der Waals surface area contributed by atoms with Gasteiger partial charge >= 0.3 is 0 Å². The summed E-state index contributed by atoms with van der Waals surface area (Å²) in [7, 11) is 0. The average molecular weight is 227 g/mol. The quantitative estimate of drug-likeness (QED) is 0.604. The third kappa shape index (κ3) is 4.84. The molecule has 0 saturated carbocycles. The lowest BCUT2D eigenvalue weighted by atomic mass is 9.89. The van der Waals surface area contributed by atoms with Crippen LogP contribution in [0.2, 0.25) is 0 Å². The molecule has 0 spiro atoms. The molecular formula is C14H29NO. The smallest absolute Gasteiger partial charge is 0.0971 e. The predicted octanol–water partition coefficient (Wildman–Crippen LogP) is 3.85. The summed E-state index contributed by atoms with van der Waals surface area (Å²) >= 11 is 0. The highest BCUT2D eigenvalue weighted by Crippen LogP contribution is 2.25. The van der Waals surface area contributed by atoms with Gasteiger partial charge in [-0.05, 0) is 12.8 Å². The van der Waals surface area contributed by atoms with E-state index in [9.17, 15) is 0 Å². The lowest BCUT2D eigenvalue weighted by molar-refractivity contribution is 0.169. The summed E-state index contributed by atoms with van der Waals surface area (Å²) in [4.78, 5) is 0. The van der Waals surface area contributed by atoms with Crippen LogP contribution in [0.4, 0.5) is 0 Å². The van der Waals surface area contributed by atoms with Crippen LogP contribution in [-0.2, 0) is 4.74 Å². The average Bonchev–Trinajstić information content (AvgIpc) is 2.73. The number of hydrogen-bond donors (Lipinski definition) is 1. The molecule has 1 aliphatic rings. The maximum Gasteiger partial charge on any atom is 0.0971 e. The van der Waals surface area contributed by atoms with E-state index in [1.54, 1.807) is 0 Å². The fourth-order valence-corrected chi connectivity index (χ4v) is 2.67. The summed E-state index contributed by atoms with van der Waals surface area (Å²) in [5.41, 5.74) is 0.319. The first-order valence-electron chi connectivity index (χ1n) is 7.16. The second kappa shape index (κ2) is 8.08. The molecule has 0 bridgehead atoms. The van der Waals surface area contributed by atoms with Crippen molar-refractivity contribution >= 4 is 0 Å². The standard InChI is InChI=1S/C14H29NO/c1-3-5-6-7-8-9-11-14(10-4-2)12-16-13-15-14/h15H,3-13H2,1-2H3. The van der Waals surface area contributed by atoms with Crippen LogP contribution in [0.25, 0.3) is 0 Å². The van der Waals surface area contributed by atoms with Crippen molar-refractivity contribution < 1.29 is 4.74 Å². The van der Waals surface area contributed by atoms with Crippen molar-refractivity contribution in [2.45, 2.75) is 77.2 Å². The van der Waals surface area contributed by atoms with Crippen LogP contribution >= 0.6 is 0 Å². The second-order valence-electron chi connectivity index (χ2n) is 5.22. The second-order valence-corrected chi connectivity index (χ2v) is 5.22. The molecule has 0 amide bonds. The monoisotopic (exact) mass is 227 g/mol. The van der Waals surface area contributed by atoms with Crippen LogP contribution in [0.3, 0.4) is 0 Å². The summed E-state index contributed by atoms with van der Waals surface area (Å²) in [5, 5.41) is 3.55. The van der Waals surface area contributed by atoms with Crippen molar-refractivity contribution in [1.29, 1.82) is 0 Å². The molecule has 1 saturated heterocycles. The summed E-state index contributed by atoms with van der Waals surface area (Å²) in [6, 6.07) is 0. The molecule has 1 aliphatic heterocycles. The van der Waals surface area contributed by atoms with Gasteiger partial charge in [0.05, 0.1) is 13.3 Å². The first-order chi connectivity index (χ1) is 7.83. The van der Waals surface area contributed by atoms with Crippen molar-refractivity contribution in [3.05, 3.63) is 0 Å². The van der Waals surface area contributed by atoms with Gasteiger partial charge in [0.2, 0.25) is 0 Å². The fraction of sp³-hybridized carbons (Fsp3) is 1.00. The summed E-state index contributed by atoms with van der Waals surface area (Å²) in [6.45, 7) is 6.23. The van der Waals surface area contributed by atoms with Crippen LogP contribution in [0.1, 0.15) is 71.6 Å². The number of unbranched alkanes of at least 4 members (excludes halogenated alkanes) is 5. The first kappa shape index (κ1) is 14.0. The van der Waals surface area contributed by atoms with E-state index in [1.807, 2.05) is 0 Å².